The lowest BCUT2D eigenvalue weighted by Crippen LogP contribution is -1.95. The second kappa shape index (κ2) is 5.07. The Labute approximate surface area is 110 Å². The summed E-state index contributed by atoms with van der Waals surface area (Å²) in [6, 6.07) is 5.93. The fourth-order valence-electron chi connectivity index (χ4n) is 1.61. The van der Waals surface area contributed by atoms with Gasteiger partial charge in [-0.15, -0.1) is 0 Å². The minimum atomic E-state index is 0.599. The number of nitrogens with two attached hydrogens (primary N) is 1. The van der Waals surface area contributed by atoms with Crippen molar-refractivity contribution >= 4 is 17.4 Å². The average Bonchev–Trinajstić information content (AvgIpc) is 2.31. The summed E-state index contributed by atoms with van der Waals surface area (Å²) in [5.41, 5.74) is 8.70. The van der Waals surface area contributed by atoms with E-state index in [9.17, 15) is 5.26 Å². The first kappa shape index (κ1) is 12.4. The van der Waals surface area contributed by atoms with Crippen molar-refractivity contribution in [3.63, 3.8) is 0 Å². The number of aryl methyl sites for hydroxylation is 2. The number of pyridine rings is 2. The molecule has 18 heavy (non-hydrogen) atoms. The molecule has 2 aromatic heterocycles. The van der Waals surface area contributed by atoms with Gasteiger partial charge in [-0.2, -0.15) is 5.26 Å². The second-order valence-electron chi connectivity index (χ2n) is 3.85. The Bertz CT molecular complexity index is 631. The molecule has 0 fully saturated rings. The van der Waals surface area contributed by atoms with E-state index in [2.05, 4.69) is 16.0 Å². The smallest absolute Gasteiger partial charge is 0.102 e. The zero-order valence-electron chi connectivity index (χ0n) is 10.1. The second-order valence-corrected chi connectivity index (χ2v) is 4.93. The topological polar surface area (TPSA) is 75.6 Å². The van der Waals surface area contributed by atoms with E-state index < -0.39 is 0 Å². The van der Waals surface area contributed by atoms with E-state index in [4.69, 9.17) is 5.73 Å². The van der Waals surface area contributed by atoms with Crippen LogP contribution in [0.15, 0.2) is 34.3 Å². The minimum Gasteiger partial charge on any atom is -0.397 e. The standard InChI is InChI=1S/C13H12N4S/c1-8-5-13(10(6-14)9(2)17-8)18-12-3-4-16-7-11(12)15/h3-5,7H,15H2,1-2H3. The molecule has 0 saturated carbocycles. The molecule has 4 nitrogen and oxygen atoms in total. The molecule has 0 radical (unpaired) electrons. The third-order valence-corrected chi connectivity index (χ3v) is 3.57. The normalized spacial score (nSPS) is 10.1. The highest BCUT2D eigenvalue weighted by Crippen LogP contribution is 2.34. The van der Waals surface area contributed by atoms with Gasteiger partial charge in [-0.25, -0.2) is 0 Å². The van der Waals surface area contributed by atoms with Crippen molar-refractivity contribution in [2.75, 3.05) is 5.73 Å². The van der Waals surface area contributed by atoms with Crippen LogP contribution in [0, 0.1) is 25.2 Å². The van der Waals surface area contributed by atoms with Gasteiger partial charge in [0.1, 0.15) is 6.07 Å². The summed E-state index contributed by atoms with van der Waals surface area (Å²) >= 11 is 1.47. The molecule has 2 N–H and O–H groups in total. The monoisotopic (exact) mass is 256 g/mol. The number of nitriles is 1. The molecule has 0 aliphatic heterocycles. The number of hydrogen-bond donors (Lipinski definition) is 1. The van der Waals surface area contributed by atoms with E-state index >= 15 is 0 Å². The van der Waals surface area contributed by atoms with Crippen LogP contribution in [0.3, 0.4) is 0 Å². The van der Waals surface area contributed by atoms with Gasteiger partial charge in [-0.05, 0) is 26.0 Å². The van der Waals surface area contributed by atoms with Crippen LogP contribution >= 0.6 is 11.8 Å². The molecule has 0 spiro atoms. The van der Waals surface area contributed by atoms with Gasteiger partial charge in [-0.1, -0.05) is 11.8 Å². The van der Waals surface area contributed by atoms with Gasteiger partial charge in [0, 0.05) is 21.7 Å². The lowest BCUT2D eigenvalue weighted by atomic mass is 10.2. The number of nitrogen functional groups attached to an aromatic ring is 1. The SMILES string of the molecule is Cc1cc(Sc2ccncc2N)c(C#N)c(C)n1. The third-order valence-electron chi connectivity index (χ3n) is 2.43. The molecule has 0 unspecified atom stereocenters. The Morgan fingerprint density at radius 3 is 2.78 bits per heavy atom. The molecular weight excluding hydrogens is 244 g/mol. The highest BCUT2D eigenvalue weighted by molar-refractivity contribution is 7.99. The summed E-state index contributed by atoms with van der Waals surface area (Å²) in [6.45, 7) is 3.75. The summed E-state index contributed by atoms with van der Waals surface area (Å²) in [5.74, 6) is 0. The summed E-state index contributed by atoms with van der Waals surface area (Å²) in [7, 11) is 0. The molecule has 0 atom stereocenters. The molecular formula is C13H12N4S. The van der Waals surface area contributed by atoms with Crippen LogP contribution in [0.2, 0.25) is 0 Å². The van der Waals surface area contributed by atoms with Crippen LogP contribution in [0.25, 0.3) is 0 Å². The lowest BCUT2D eigenvalue weighted by Gasteiger charge is -2.08. The van der Waals surface area contributed by atoms with Crippen LogP contribution in [0.4, 0.5) is 5.69 Å². The minimum absolute atomic E-state index is 0.599. The molecule has 90 valence electrons. The van der Waals surface area contributed by atoms with Crippen LogP contribution in [0.1, 0.15) is 17.0 Å². The maximum absolute atomic E-state index is 9.19. The van der Waals surface area contributed by atoms with E-state index in [0.29, 0.717) is 11.3 Å². The highest BCUT2D eigenvalue weighted by Gasteiger charge is 2.10. The lowest BCUT2D eigenvalue weighted by molar-refractivity contribution is 1.07. The highest BCUT2D eigenvalue weighted by atomic mass is 32.2. The summed E-state index contributed by atoms with van der Waals surface area (Å²) < 4.78 is 0. The van der Waals surface area contributed by atoms with E-state index in [0.717, 1.165) is 21.2 Å². The molecule has 2 heterocycles. The summed E-state index contributed by atoms with van der Waals surface area (Å²) in [4.78, 5) is 10.0. The fourth-order valence-corrected chi connectivity index (χ4v) is 2.68. The van der Waals surface area contributed by atoms with Crippen molar-refractivity contribution in [2.45, 2.75) is 23.6 Å². The number of anilines is 1. The number of aromatic nitrogens is 2. The van der Waals surface area contributed by atoms with Gasteiger partial charge in [0.25, 0.3) is 0 Å². The molecule has 2 aromatic rings. The molecule has 0 aliphatic rings. The molecule has 0 amide bonds. The molecule has 0 saturated heterocycles. The van der Waals surface area contributed by atoms with E-state index in [1.807, 2.05) is 26.0 Å². The quantitative estimate of drug-likeness (QED) is 0.894. The molecule has 5 heteroatoms. The van der Waals surface area contributed by atoms with Crippen molar-refractivity contribution in [3.05, 3.63) is 41.5 Å². The number of hydrogen-bond acceptors (Lipinski definition) is 5. The van der Waals surface area contributed by atoms with Gasteiger partial charge in [-0.3, -0.25) is 9.97 Å². The summed E-state index contributed by atoms with van der Waals surface area (Å²) in [6.07, 6.45) is 3.29. The zero-order valence-corrected chi connectivity index (χ0v) is 11.0. The van der Waals surface area contributed by atoms with Gasteiger partial charge in [0.15, 0.2) is 0 Å². The first-order valence-corrected chi connectivity index (χ1v) is 6.19. The van der Waals surface area contributed by atoms with Crippen molar-refractivity contribution in [1.82, 2.24) is 9.97 Å². The predicted molar refractivity (Wildman–Crippen MR) is 71.2 cm³/mol. The van der Waals surface area contributed by atoms with Crippen molar-refractivity contribution < 1.29 is 0 Å². The largest absolute Gasteiger partial charge is 0.397 e. The zero-order chi connectivity index (χ0) is 13.1. The van der Waals surface area contributed by atoms with Gasteiger partial charge < -0.3 is 5.73 Å². The van der Waals surface area contributed by atoms with Gasteiger partial charge in [0.2, 0.25) is 0 Å². The fraction of sp³-hybridized carbons (Fsp3) is 0.154. The van der Waals surface area contributed by atoms with Crippen LogP contribution in [-0.4, -0.2) is 9.97 Å². The maximum atomic E-state index is 9.19. The van der Waals surface area contributed by atoms with E-state index in [1.54, 1.807) is 12.4 Å². The van der Waals surface area contributed by atoms with E-state index in [1.165, 1.54) is 11.8 Å². The Balaban J connectivity index is 2.47. The Kier molecular flexibility index (Phi) is 3.49. The predicted octanol–water partition coefficient (Wildman–Crippen LogP) is 2.70. The Morgan fingerprint density at radius 2 is 2.11 bits per heavy atom. The van der Waals surface area contributed by atoms with Crippen LogP contribution < -0.4 is 5.73 Å². The average molecular weight is 256 g/mol. The Hall–Kier alpha value is -2.06. The Morgan fingerprint density at radius 1 is 1.33 bits per heavy atom. The van der Waals surface area contributed by atoms with Crippen molar-refractivity contribution in [3.8, 4) is 6.07 Å². The first-order valence-electron chi connectivity index (χ1n) is 5.37. The van der Waals surface area contributed by atoms with Crippen molar-refractivity contribution in [1.29, 1.82) is 5.26 Å². The number of rotatable bonds is 2. The summed E-state index contributed by atoms with van der Waals surface area (Å²) in [5, 5.41) is 9.19. The molecule has 2 rings (SSSR count). The van der Waals surface area contributed by atoms with Crippen LogP contribution in [-0.2, 0) is 0 Å². The van der Waals surface area contributed by atoms with Gasteiger partial charge >= 0.3 is 0 Å². The van der Waals surface area contributed by atoms with Crippen LogP contribution in [0.5, 0.6) is 0 Å². The molecule has 0 aromatic carbocycles. The van der Waals surface area contributed by atoms with Gasteiger partial charge in [0.05, 0.1) is 23.1 Å². The molecule has 0 aliphatic carbocycles. The van der Waals surface area contributed by atoms with E-state index in [-0.39, 0.29) is 0 Å². The molecule has 0 bridgehead atoms. The maximum Gasteiger partial charge on any atom is 0.102 e. The number of nitrogens with zero attached hydrogens (tertiary/aromatic N) is 3. The third kappa shape index (κ3) is 2.44. The first-order chi connectivity index (χ1) is 8.61. The van der Waals surface area contributed by atoms with Crippen molar-refractivity contribution in [2.24, 2.45) is 0 Å².